The van der Waals surface area contributed by atoms with E-state index in [1.54, 1.807) is 5.48 Å². The molecule has 1 amide bonds. The van der Waals surface area contributed by atoms with E-state index in [4.69, 9.17) is 21.5 Å². The molecule has 24 heavy (non-hydrogen) atoms. The molecule has 2 rings (SSSR count). The van der Waals surface area contributed by atoms with Crippen LogP contribution in [0.25, 0.3) is 0 Å². The molecule has 0 heterocycles. The van der Waals surface area contributed by atoms with Gasteiger partial charge in [-0.1, -0.05) is 54.1 Å². The maximum atomic E-state index is 11.7. The Labute approximate surface area is 147 Å². The van der Waals surface area contributed by atoms with Crippen molar-refractivity contribution in [2.45, 2.75) is 31.8 Å². The quantitative estimate of drug-likeness (QED) is 0.561. The molecule has 0 radical (unpaired) electrons. The Kier molecular flexibility index (Phi) is 7.25. The second-order valence-electron chi connectivity index (χ2n) is 5.58. The lowest BCUT2D eigenvalue weighted by molar-refractivity contribution is -0.132. The molecule has 1 unspecified atom stereocenters. The van der Waals surface area contributed by atoms with E-state index in [1.807, 2.05) is 61.5 Å². The average Bonchev–Trinajstić information content (AvgIpc) is 2.61. The van der Waals surface area contributed by atoms with Crippen LogP contribution in [0.4, 0.5) is 0 Å². The third-order valence-corrected chi connectivity index (χ3v) is 4.19. The molecule has 5 heteroatoms. The molecule has 2 aromatic carbocycles. The summed E-state index contributed by atoms with van der Waals surface area (Å²) in [5.74, 6) is -0.463. The van der Waals surface area contributed by atoms with Crippen LogP contribution < -0.4 is 5.48 Å². The molecule has 0 aliphatic heterocycles. The van der Waals surface area contributed by atoms with Crippen molar-refractivity contribution in [3.05, 3.63) is 70.7 Å². The van der Waals surface area contributed by atoms with Gasteiger partial charge in [0.25, 0.3) is 0 Å². The van der Waals surface area contributed by atoms with Crippen LogP contribution in [-0.4, -0.2) is 23.8 Å². The summed E-state index contributed by atoms with van der Waals surface area (Å²) >= 11 is 5.96. The van der Waals surface area contributed by atoms with Gasteiger partial charge >= 0.3 is 0 Å². The Morgan fingerprint density at radius 2 is 1.83 bits per heavy atom. The number of amides is 1. The molecule has 0 saturated carbocycles. The average molecular weight is 348 g/mol. The number of carbonyl (C=O) groups excluding carboxylic acids is 1. The first-order valence-electron chi connectivity index (χ1n) is 7.98. The number of rotatable bonds is 8. The second kappa shape index (κ2) is 9.42. The number of halogens is 1. The highest BCUT2D eigenvalue weighted by molar-refractivity contribution is 6.30. The molecule has 2 atom stereocenters. The monoisotopic (exact) mass is 347 g/mol. The van der Waals surface area contributed by atoms with Crippen LogP contribution in [0, 0.1) is 0 Å². The minimum Gasteiger partial charge on any atom is -0.377 e. The highest BCUT2D eigenvalue weighted by Crippen LogP contribution is 2.29. The molecule has 2 N–H and O–H groups in total. The Morgan fingerprint density at radius 1 is 1.17 bits per heavy atom. The minimum absolute atomic E-state index is 0.00961. The fourth-order valence-corrected chi connectivity index (χ4v) is 2.92. The number of ether oxygens (including phenoxy) is 1. The lowest BCUT2D eigenvalue weighted by Gasteiger charge is -2.27. The highest BCUT2D eigenvalue weighted by Gasteiger charge is 2.26. The lowest BCUT2D eigenvalue weighted by Crippen LogP contribution is -2.31. The zero-order valence-electron chi connectivity index (χ0n) is 13.6. The van der Waals surface area contributed by atoms with Crippen molar-refractivity contribution in [1.29, 1.82) is 0 Å². The summed E-state index contributed by atoms with van der Waals surface area (Å²) in [5.41, 5.74) is 3.90. The molecule has 0 spiro atoms. The molecule has 0 bridgehead atoms. The van der Waals surface area contributed by atoms with E-state index in [0.717, 1.165) is 11.1 Å². The van der Waals surface area contributed by atoms with Gasteiger partial charge in [-0.3, -0.25) is 10.0 Å². The van der Waals surface area contributed by atoms with Crippen LogP contribution in [0.1, 0.15) is 30.4 Å². The largest absolute Gasteiger partial charge is 0.377 e. The lowest BCUT2D eigenvalue weighted by atomic mass is 9.85. The van der Waals surface area contributed by atoms with Crippen LogP contribution in [-0.2, 0) is 16.0 Å². The topological polar surface area (TPSA) is 58.6 Å². The van der Waals surface area contributed by atoms with Crippen molar-refractivity contribution in [1.82, 2.24) is 5.48 Å². The standard InChI is InChI=1S/C19H22ClNO3/c1-2-24-18(13-19(22)21-23)17(15-6-4-3-5-7-15)12-14-8-10-16(20)11-9-14/h3-11,17-18,23H,2,12-13H2,1H3,(H,21,22)/t17-,18?/m1/s1. The van der Waals surface area contributed by atoms with Crippen LogP contribution in [0.15, 0.2) is 54.6 Å². The third-order valence-electron chi connectivity index (χ3n) is 3.94. The van der Waals surface area contributed by atoms with Crippen molar-refractivity contribution in [3.63, 3.8) is 0 Å². The zero-order chi connectivity index (χ0) is 17.4. The Balaban J connectivity index is 2.29. The molecule has 128 valence electrons. The van der Waals surface area contributed by atoms with Crippen LogP contribution in [0.5, 0.6) is 0 Å². The minimum atomic E-state index is -0.453. The summed E-state index contributed by atoms with van der Waals surface area (Å²) in [7, 11) is 0. The number of nitrogens with one attached hydrogen (secondary N) is 1. The smallest absolute Gasteiger partial charge is 0.245 e. The van der Waals surface area contributed by atoms with E-state index in [9.17, 15) is 4.79 Å². The molecular weight excluding hydrogens is 326 g/mol. The number of hydrogen-bond donors (Lipinski definition) is 2. The first-order chi connectivity index (χ1) is 11.6. The van der Waals surface area contributed by atoms with Crippen molar-refractivity contribution in [2.24, 2.45) is 0 Å². The normalized spacial score (nSPS) is 13.3. The summed E-state index contributed by atoms with van der Waals surface area (Å²) in [5, 5.41) is 9.55. The maximum Gasteiger partial charge on any atom is 0.245 e. The van der Waals surface area contributed by atoms with E-state index in [1.165, 1.54) is 0 Å². The van der Waals surface area contributed by atoms with Crippen molar-refractivity contribution in [3.8, 4) is 0 Å². The summed E-state index contributed by atoms with van der Waals surface area (Å²) in [6, 6.07) is 17.6. The Morgan fingerprint density at radius 3 is 2.42 bits per heavy atom. The highest BCUT2D eigenvalue weighted by atomic mass is 35.5. The third kappa shape index (κ3) is 5.34. The SMILES string of the molecule is CCOC(CC(=O)NO)[C@H](Cc1ccc(Cl)cc1)c1ccccc1. The van der Waals surface area contributed by atoms with Gasteiger partial charge in [0.15, 0.2) is 0 Å². The first-order valence-corrected chi connectivity index (χ1v) is 8.35. The van der Waals surface area contributed by atoms with Gasteiger partial charge in [0.2, 0.25) is 5.91 Å². The van der Waals surface area contributed by atoms with E-state index in [-0.39, 0.29) is 18.4 Å². The summed E-state index contributed by atoms with van der Waals surface area (Å²) in [6.07, 6.45) is 0.474. The molecule has 0 aromatic heterocycles. The molecule has 2 aromatic rings. The van der Waals surface area contributed by atoms with E-state index >= 15 is 0 Å². The van der Waals surface area contributed by atoms with E-state index in [0.29, 0.717) is 18.1 Å². The number of hydroxylamine groups is 1. The summed E-state index contributed by atoms with van der Waals surface area (Å²) < 4.78 is 5.83. The summed E-state index contributed by atoms with van der Waals surface area (Å²) in [4.78, 5) is 11.7. The Hall–Kier alpha value is -1.88. The van der Waals surface area contributed by atoms with Crippen LogP contribution >= 0.6 is 11.6 Å². The first kappa shape index (κ1) is 18.5. The fraction of sp³-hybridized carbons (Fsp3) is 0.316. The molecule has 0 fully saturated rings. The van der Waals surface area contributed by atoms with Gasteiger partial charge < -0.3 is 4.74 Å². The fourth-order valence-electron chi connectivity index (χ4n) is 2.80. The molecule has 0 saturated heterocycles. The van der Waals surface area contributed by atoms with Gasteiger partial charge in [-0.2, -0.15) is 0 Å². The van der Waals surface area contributed by atoms with Crippen LogP contribution in [0.2, 0.25) is 5.02 Å². The number of hydrogen-bond acceptors (Lipinski definition) is 3. The van der Waals surface area contributed by atoms with Crippen molar-refractivity contribution >= 4 is 17.5 Å². The van der Waals surface area contributed by atoms with Gasteiger partial charge in [-0.25, -0.2) is 5.48 Å². The predicted molar refractivity (Wildman–Crippen MR) is 94.3 cm³/mol. The van der Waals surface area contributed by atoms with Gasteiger partial charge in [0, 0.05) is 17.5 Å². The van der Waals surface area contributed by atoms with Gasteiger partial charge in [0.1, 0.15) is 0 Å². The number of benzene rings is 2. The van der Waals surface area contributed by atoms with Gasteiger partial charge in [-0.05, 0) is 36.6 Å². The maximum absolute atomic E-state index is 11.7. The van der Waals surface area contributed by atoms with E-state index < -0.39 is 5.91 Å². The van der Waals surface area contributed by atoms with Crippen LogP contribution in [0.3, 0.4) is 0 Å². The zero-order valence-corrected chi connectivity index (χ0v) is 14.4. The van der Waals surface area contributed by atoms with Gasteiger partial charge in [-0.15, -0.1) is 0 Å². The van der Waals surface area contributed by atoms with Gasteiger partial charge in [0.05, 0.1) is 12.5 Å². The predicted octanol–water partition coefficient (Wildman–Crippen LogP) is 3.97. The second-order valence-corrected chi connectivity index (χ2v) is 6.02. The molecule has 0 aliphatic carbocycles. The molecule has 4 nitrogen and oxygen atoms in total. The van der Waals surface area contributed by atoms with E-state index in [2.05, 4.69) is 0 Å². The summed E-state index contributed by atoms with van der Waals surface area (Å²) in [6.45, 7) is 2.39. The van der Waals surface area contributed by atoms with Crippen molar-refractivity contribution in [2.75, 3.05) is 6.61 Å². The Bertz CT molecular complexity index is 631. The number of carbonyl (C=O) groups is 1. The molecular formula is C19H22ClNO3. The van der Waals surface area contributed by atoms with Crippen molar-refractivity contribution < 1.29 is 14.7 Å². The molecule has 0 aliphatic rings.